The van der Waals surface area contributed by atoms with Gasteiger partial charge in [-0.05, 0) is 200 Å². The Morgan fingerprint density at radius 2 is 0.684 bits per heavy atom. The molecule has 0 amide bonds. The van der Waals surface area contributed by atoms with Crippen LogP contribution < -0.4 is 9.47 Å². The fourth-order valence-electron chi connectivity index (χ4n) is 15.0. The Bertz CT molecular complexity index is 4460. The number of halogens is 2. The van der Waals surface area contributed by atoms with Gasteiger partial charge >= 0.3 is 0 Å². The molecular weight excluding hydrogens is 1170 g/mol. The first-order valence-corrected chi connectivity index (χ1v) is 34.5. The van der Waals surface area contributed by atoms with Gasteiger partial charge < -0.3 is 28.8 Å². The highest BCUT2D eigenvalue weighted by Crippen LogP contribution is 2.51. The van der Waals surface area contributed by atoms with E-state index in [1.54, 1.807) is 0 Å². The van der Waals surface area contributed by atoms with E-state index in [9.17, 15) is 10.2 Å². The number of ether oxygens (including phenoxy) is 2. The van der Waals surface area contributed by atoms with Crippen LogP contribution in [-0.2, 0) is 32.5 Å². The molecule has 10 aromatic rings. The summed E-state index contributed by atoms with van der Waals surface area (Å²) in [5, 5.41) is 30.8. The molecule has 1 unspecified atom stereocenters. The highest BCUT2D eigenvalue weighted by atomic mass is 19.1. The normalized spacial score (nSPS) is 13.7. The zero-order valence-corrected chi connectivity index (χ0v) is 62.0. The molecule has 0 spiro atoms. The van der Waals surface area contributed by atoms with Crippen molar-refractivity contribution in [2.75, 3.05) is 13.2 Å². The minimum absolute atomic E-state index is 0.0315. The Hall–Kier alpha value is -7.58. The molecule has 2 heterocycles. The van der Waals surface area contributed by atoms with Crippen molar-refractivity contribution in [3.05, 3.63) is 177 Å². The molecule has 10 rings (SSSR count). The van der Waals surface area contributed by atoms with E-state index >= 15 is 8.78 Å². The second-order valence-corrected chi connectivity index (χ2v) is 35.9. The van der Waals surface area contributed by atoms with E-state index in [4.69, 9.17) is 9.47 Å². The molecule has 0 fully saturated rings. The molecule has 95 heavy (non-hydrogen) atoms. The standard InChI is InChI=1S/C87H108F2N2O4/c1-51(48-95-79-53(3)37-61(89)47-69(79)67-39-59(87(24,25)50-81(7,8)9)45-75(77(67)93)91-72-42-56(84(16,17)18)28-32-64(72)65-33-29-57(43-73(65)91)85(19,20)21)34-35-94-78-52(2)36-60(88)46-68(78)66-38-58(86(22,23)49-80(4,5)6)44-74(76(66)92)90-70-40-54(82(10,11)12)26-30-62(70)63-31-27-55(41-71(63)90)83(13,14)15/h26-33,36-47,51,92-93H,34-35,48-50H2,1-25H3. The van der Waals surface area contributed by atoms with E-state index in [-0.39, 0.29) is 74.0 Å². The van der Waals surface area contributed by atoms with Gasteiger partial charge in [0.15, 0.2) is 0 Å². The molecule has 2 aromatic heterocycles. The van der Waals surface area contributed by atoms with Gasteiger partial charge in [-0.3, -0.25) is 0 Å². The van der Waals surface area contributed by atoms with Crippen LogP contribution in [0, 0.1) is 42.2 Å². The van der Waals surface area contributed by atoms with E-state index < -0.39 is 11.6 Å². The average Bonchev–Trinajstić information content (AvgIpc) is 1.62. The van der Waals surface area contributed by atoms with Crippen LogP contribution in [0.15, 0.2) is 121 Å². The van der Waals surface area contributed by atoms with Crippen LogP contribution in [0.3, 0.4) is 0 Å². The highest BCUT2D eigenvalue weighted by molar-refractivity contribution is 6.11. The second kappa shape index (κ2) is 24.5. The zero-order valence-electron chi connectivity index (χ0n) is 62.0. The summed E-state index contributed by atoms with van der Waals surface area (Å²) >= 11 is 0. The smallest absolute Gasteiger partial charge is 0.147 e. The number of rotatable bonds is 15. The Morgan fingerprint density at radius 1 is 0.379 bits per heavy atom. The van der Waals surface area contributed by atoms with Crippen molar-refractivity contribution in [3.63, 3.8) is 0 Å². The van der Waals surface area contributed by atoms with E-state index in [0.29, 0.717) is 62.7 Å². The van der Waals surface area contributed by atoms with Crippen LogP contribution >= 0.6 is 0 Å². The number of phenols is 2. The Balaban J connectivity index is 1.05. The van der Waals surface area contributed by atoms with E-state index in [1.807, 2.05) is 13.8 Å². The number of hydrogen-bond acceptors (Lipinski definition) is 4. The van der Waals surface area contributed by atoms with Gasteiger partial charge in [0.25, 0.3) is 0 Å². The summed E-state index contributed by atoms with van der Waals surface area (Å²) in [6, 6.07) is 41.3. The van der Waals surface area contributed by atoms with Gasteiger partial charge in [-0.2, -0.15) is 0 Å². The highest BCUT2D eigenvalue weighted by Gasteiger charge is 2.35. The number of phenolic OH excluding ortho intramolecular Hbond substituents is 2. The van der Waals surface area contributed by atoms with E-state index in [2.05, 4.69) is 265 Å². The molecule has 0 saturated heterocycles. The Labute approximate surface area is 567 Å². The first-order valence-electron chi connectivity index (χ1n) is 34.5. The first-order chi connectivity index (χ1) is 43.7. The second-order valence-electron chi connectivity index (χ2n) is 35.9. The van der Waals surface area contributed by atoms with Crippen LogP contribution in [-0.4, -0.2) is 32.6 Å². The lowest BCUT2D eigenvalue weighted by molar-refractivity contribution is 0.217. The number of fused-ring (bicyclic) bond motifs is 6. The maximum atomic E-state index is 16.3. The van der Waals surface area contributed by atoms with Gasteiger partial charge in [0.05, 0.1) is 46.7 Å². The van der Waals surface area contributed by atoms with Gasteiger partial charge in [-0.25, -0.2) is 8.78 Å². The third kappa shape index (κ3) is 14.3. The number of nitrogens with zero attached hydrogens (tertiary/aromatic N) is 2. The zero-order chi connectivity index (χ0) is 70.0. The quantitative estimate of drug-likeness (QED) is 0.107. The number of aromatic hydroxyl groups is 2. The fraction of sp³-hybridized carbons (Fsp3) is 0.448. The van der Waals surface area contributed by atoms with Crippen LogP contribution in [0.25, 0.3) is 77.2 Å². The lowest BCUT2D eigenvalue weighted by Crippen LogP contribution is -2.25. The molecule has 0 saturated carbocycles. The van der Waals surface area contributed by atoms with Gasteiger partial charge in [0.2, 0.25) is 0 Å². The maximum Gasteiger partial charge on any atom is 0.147 e. The van der Waals surface area contributed by atoms with Crippen LogP contribution in [0.2, 0.25) is 0 Å². The third-order valence-corrected chi connectivity index (χ3v) is 19.6. The largest absolute Gasteiger partial charge is 0.505 e. The van der Waals surface area contributed by atoms with Crippen LogP contribution in [0.1, 0.15) is 223 Å². The monoisotopic (exact) mass is 1280 g/mol. The molecule has 504 valence electrons. The number of aryl methyl sites for hydroxylation is 2. The predicted octanol–water partition coefficient (Wildman–Crippen LogP) is 24.6. The third-order valence-electron chi connectivity index (χ3n) is 19.6. The number of benzene rings is 8. The molecule has 8 aromatic carbocycles. The van der Waals surface area contributed by atoms with E-state index in [1.165, 1.54) is 46.5 Å². The molecular formula is C87H108F2N2O4. The first kappa shape index (κ1) is 70.2. The van der Waals surface area contributed by atoms with Crippen molar-refractivity contribution in [1.82, 2.24) is 9.13 Å². The summed E-state index contributed by atoms with van der Waals surface area (Å²) < 4.78 is 50.9. The molecule has 6 nitrogen and oxygen atoms in total. The molecule has 0 aliphatic rings. The van der Waals surface area contributed by atoms with Crippen molar-refractivity contribution < 1.29 is 28.5 Å². The molecule has 0 aliphatic carbocycles. The summed E-state index contributed by atoms with van der Waals surface area (Å²) in [6.45, 7) is 55.6. The topological polar surface area (TPSA) is 68.8 Å². The van der Waals surface area contributed by atoms with Crippen molar-refractivity contribution in [1.29, 1.82) is 0 Å². The van der Waals surface area contributed by atoms with Crippen molar-refractivity contribution in [3.8, 4) is 56.6 Å². The summed E-state index contributed by atoms with van der Waals surface area (Å²) in [4.78, 5) is 0. The molecule has 0 radical (unpaired) electrons. The predicted molar refractivity (Wildman–Crippen MR) is 399 cm³/mol. The lowest BCUT2D eigenvalue weighted by atomic mass is 9.71. The van der Waals surface area contributed by atoms with Gasteiger partial charge in [-0.15, -0.1) is 0 Å². The minimum atomic E-state index is -0.431. The molecule has 8 heteroatoms. The number of hydrogen-bond donors (Lipinski definition) is 2. The molecule has 0 bridgehead atoms. The molecule has 1 atom stereocenters. The lowest BCUT2D eigenvalue weighted by Gasteiger charge is -2.34. The van der Waals surface area contributed by atoms with Crippen molar-refractivity contribution in [2.24, 2.45) is 16.7 Å². The Kier molecular flexibility index (Phi) is 18.1. The van der Waals surface area contributed by atoms with Gasteiger partial charge in [-0.1, -0.05) is 208 Å². The molecule has 0 aliphatic heterocycles. The van der Waals surface area contributed by atoms with Crippen molar-refractivity contribution >= 4 is 43.6 Å². The van der Waals surface area contributed by atoms with E-state index in [0.717, 1.165) is 67.6 Å². The Morgan fingerprint density at radius 3 is 0.979 bits per heavy atom. The summed E-state index contributed by atoms with van der Waals surface area (Å²) in [7, 11) is 0. The maximum absolute atomic E-state index is 16.3. The average molecular weight is 1280 g/mol. The summed E-state index contributed by atoms with van der Waals surface area (Å²) in [5.74, 6) is 0.0940. The fourth-order valence-corrected chi connectivity index (χ4v) is 15.0. The van der Waals surface area contributed by atoms with Crippen LogP contribution in [0.5, 0.6) is 23.0 Å². The minimum Gasteiger partial charge on any atom is -0.505 e. The van der Waals surface area contributed by atoms with Crippen LogP contribution in [0.4, 0.5) is 8.78 Å². The SMILES string of the molecule is Cc1cc(F)cc(-c2cc(C(C)(C)CC(C)(C)C)cc(-n3c4cc(C(C)(C)C)ccc4c4ccc(C(C)(C)C)cc43)c2O)c1OCCC(C)COc1c(C)cc(F)cc1-c1cc(C(C)(C)CC(C)(C)C)cc(-n2c3cc(C(C)(C)C)ccc3c3ccc(C(C)(C)C)cc32)c1O. The van der Waals surface area contributed by atoms with Gasteiger partial charge in [0, 0.05) is 43.8 Å². The van der Waals surface area contributed by atoms with Gasteiger partial charge in [0.1, 0.15) is 34.6 Å². The van der Waals surface area contributed by atoms with Crippen molar-refractivity contribution in [2.45, 2.75) is 225 Å². The molecule has 2 N–H and O–H groups in total. The summed E-state index contributed by atoms with van der Waals surface area (Å²) in [5.41, 5.74) is 13.6. The summed E-state index contributed by atoms with van der Waals surface area (Å²) in [6.07, 6.45) is 2.22. The number of aromatic nitrogens is 2.